The number of aromatic nitrogens is 2. The molecule has 2 aromatic carbocycles. The van der Waals surface area contributed by atoms with Gasteiger partial charge in [-0.15, -0.1) is 0 Å². The Morgan fingerprint density at radius 1 is 0.967 bits per heavy atom. The zero-order chi connectivity index (χ0) is 21.7. The maximum atomic E-state index is 12.7. The van der Waals surface area contributed by atoms with Crippen LogP contribution in [-0.4, -0.2) is 33.9 Å². The van der Waals surface area contributed by atoms with E-state index < -0.39 is 17.6 Å². The first-order valence-electron chi connectivity index (χ1n) is 9.74. The summed E-state index contributed by atoms with van der Waals surface area (Å²) < 4.78 is 1.63. The van der Waals surface area contributed by atoms with Crippen LogP contribution >= 0.6 is 0 Å². The van der Waals surface area contributed by atoms with Gasteiger partial charge in [0, 0.05) is 5.69 Å². The fourth-order valence-corrected chi connectivity index (χ4v) is 3.29. The summed E-state index contributed by atoms with van der Waals surface area (Å²) in [6.07, 6.45) is 0.769. The molecule has 0 unspecified atom stereocenters. The van der Waals surface area contributed by atoms with Crippen molar-refractivity contribution in [1.29, 1.82) is 0 Å². The fraction of sp³-hybridized carbons (Fsp3) is 0.217. The van der Waals surface area contributed by atoms with Gasteiger partial charge in [-0.2, -0.15) is 5.10 Å². The topological polar surface area (TPSA) is 93.1 Å². The van der Waals surface area contributed by atoms with Gasteiger partial charge in [-0.05, 0) is 44.0 Å². The lowest BCUT2D eigenvalue weighted by Crippen LogP contribution is -2.37. The molecule has 3 aromatic rings. The van der Waals surface area contributed by atoms with Crippen LogP contribution in [0.3, 0.4) is 0 Å². The summed E-state index contributed by atoms with van der Waals surface area (Å²) in [6, 6.07) is 16.8. The molecule has 0 atom stereocenters. The Kier molecular flexibility index (Phi) is 6.41. The SMILES string of the molecule is CCc1ccccc1NC(=O)CNC(=O)C(=O)c1c(C)nn(-c2ccccc2)c1C. The summed E-state index contributed by atoms with van der Waals surface area (Å²) in [5.41, 5.74) is 3.76. The third-order valence-corrected chi connectivity index (χ3v) is 4.81. The monoisotopic (exact) mass is 404 g/mol. The van der Waals surface area contributed by atoms with E-state index in [0.29, 0.717) is 17.1 Å². The van der Waals surface area contributed by atoms with Gasteiger partial charge in [0.2, 0.25) is 5.91 Å². The molecule has 0 spiro atoms. The van der Waals surface area contributed by atoms with E-state index in [0.717, 1.165) is 17.7 Å². The van der Waals surface area contributed by atoms with Gasteiger partial charge in [0.15, 0.2) is 0 Å². The number of rotatable bonds is 7. The van der Waals surface area contributed by atoms with Crippen LogP contribution in [0.5, 0.6) is 0 Å². The maximum Gasteiger partial charge on any atom is 0.292 e. The van der Waals surface area contributed by atoms with E-state index in [1.54, 1.807) is 24.6 Å². The standard InChI is InChI=1S/C23H24N4O3/c1-4-17-10-8-9-13-19(17)25-20(28)14-24-23(30)22(29)21-15(2)26-27(16(21)3)18-11-6-5-7-12-18/h5-13H,4,14H2,1-3H3,(H,24,30)(H,25,28). The molecule has 1 heterocycles. The number of amides is 2. The van der Waals surface area contributed by atoms with Crippen molar-refractivity contribution >= 4 is 23.3 Å². The molecule has 154 valence electrons. The zero-order valence-electron chi connectivity index (χ0n) is 17.2. The number of aryl methyl sites for hydroxylation is 2. The first-order valence-corrected chi connectivity index (χ1v) is 9.74. The molecule has 2 N–H and O–H groups in total. The van der Waals surface area contributed by atoms with Crippen LogP contribution in [0.2, 0.25) is 0 Å². The maximum absolute atomic E-state index is 12.7. The number of anilines is 1. The number of carbonyl (C=O) groups is 3. The minimum Gasteiger partial charge on any atom is -0.340 e. The Morgan fingerprint density at radius 3 is 2.33 bits per heavy atom. The van der Waals surface area contributed by atoms with Gasteiger partial charge >= 0.3 is 0 Å². The van der Waals surface area contributed by atoms with E-state index >= 15 is 0 Å². The van der Waals surface area contributed by atoms with Crippen molar-refractivity contribution in [3.8, 4) is 5.69 Å². The molecule has 0 saturated carbocycles. The molecule has 30 heavy (non-hydrogen) atoms. The molecule has 0 fully saturated rings. The van der Waals surface area contributed by atoms with Gasteiger partial charge in [0.05, 0.1) is 29.2 Å². The van der Waals surface area contributed by atoms with E-state index in [-0.39, 0.29) is 12.1 Å². The number of para-hydroxylation sites is 2. The normalized spacial score (nSPS) is 10.5. The molecule has 7 nitrogen and oxygen atoms in total. The van der Waals surface area contributed by atoms with Gasteiger partial charge in [-0.3, -0.25) is 14.4 Å². The molecule has 0 aliphatic heterocycles. The van der Waals surface area contributed by atoms with Gasteiger partial charge < -0.3 is 10.6 Å². The molecule has 3 rings (SSSR count). The molecular weight excluding hydrogens is 380 g/mol. The third-order valence-electron chi connectivity index (χ3n) is 4.81. The van der Waals surface area contributed by atoms with E-state index in [1.165, 1.54) is 0 Å². The number of carbonyl (C=O) groups excluding carboxylic acids is 3. The average molecular weight is 404 g/mol. The number of hydrogen-bond acceptors (Lipinski definition) is 4. The van der Waals surface area contributed by atoms with Crippen LogP contribution in [0.15, 0.2) is 54.6 Å². The van der Waals surface area contributed by atoms with E-state index in [2.05, 4.69) is 15.7 Å². The molecule has 2 amide bonds. The summed E-state index contributed by atoms with van der Waals surface area (Å²) in [7, 11) is 0. The fourth-order valence-electron chi connectivity index (χ4n) is 3.29. The highest BCUT2D eigenvalue weighted by atomic mass is 16.2. The number of hydrogen-bond donors (Lipinski definition) is 2. The van der Waals surface area contributed by atoms with Crippen LogP contribution < -0.4 is 10.6 Å². The second-order valence-corrected chi connectivity index (χ2v) is 6.86. The van der Waals surface area contributed by atoms with Crippen molar-refractivity contribution in [2.24, 2.45) is 0 Å². The van der Waals surface area contributed by atoms with Crippen LogP contribution in [0.4, 0.5) is 5.69 Å². The summed E-state index contributed by atoms with van der Waals surface area (Å²) >= 11 is 0. The van der Waals surface area contributed by atoms with Crippen LogP contribution in [0, 0.1) is 13.8 Å². The average Bonchev–Trinajstić information content (AvgIpc) is 3.06. The molecule has 0 aliphatic rings. The van der Waals surface area contributed by atoms with Crippen molar-refractivity contribution in [2.45, 2.75) is 27.2 Å². The summed E-state index contributed by atoms with van der Waals surface area (Å²) in [6.45, 7) is 5.11. The van der Waals surface area contributed by atoms with Crippen molar-refractivity contribution in [3.05, 3.63) is 77.1 Å². The van der Waals surface area contributed by atoms with Crippen LogP contribution in [0.1, 0.15) is 34.2 Å². The Bertz CT molecular complexity index is 1090. The lowest BCUT2D eigenvalue weighted by atomic mass is 10.1. The molecule has 1 aromatic heterocycles. The van der Waals surface area contributed by atoms with E-state index in [9.17, 15) is 14.4 Å². The molecule has 0 saturated heterocycles. The number of Topliss-reactive ketones (excluding diaryl/α,β-unsaturated/α-hetero) is 1. The molecular formula is C23H24N4O3. The number of benzene rings is 2. The van der Waals surface area contributed by atoms with Gasteiger partial charge in [0.1, 0.15) is 0 Å². The summed E-state index contributed by atoms with van der Waals surface area (Å²) in [5.74, 6) is -1.95. The molecule has 0 aliphatic carbocycles. The molecule has 7 heteroatoms. The highest BCUT2D eigenvalue weighted by Gasteiger charge is 2.25. The minimum atomic E-state index is -0.840. The van der Waals surface area contributed by atoms with Crippen molar-refractivity contribution in [3.63, 3.8) is 0 Å². The Morgan fingerprint density at radius 2 is 1.63 bits per heavy atom. The first-order chi connectivity index (χ1) is 14.4. The second kappa shape index (κ2) is 9.17. The Labute approximate surface area is 175 Å². The number of ketones is 1. The minimum absolute atomic E-state index is 0.244. The smallest absolute Gasteiger partial charge is 0.292 e. The van der Waals surface area contributed by atoms with Crippen molar-refractivity contribution in [1.82, 2.24) is 15.1 Å². The van der Waals surface area contributed by atoms with Gasteiger partial charge in [0.25, 0.3) is 11.7 Å². The number of nitrogens with zero attached hydrogens (tertiary/aromatic N) is 2. The number of nitrogens with one attached hydrogen (secondary N) is 2. The quantitative estimate of drug-likeness (QED) is 0.468. The molecule has 0 bridgehead atoms. The highest BCUT2D eigenvalue weighted by molar-refractivity contribution is 6.43. The second-order valence-electron chi connectivity index (χ2n) is 6.86. The Hall–Kier alpha value is -3.74. The largest absolute Gasteiger partial charge is 0.340 e. The van der Waals surface area contributed by atoms with E-state index in [4.69, 9.17) is 0 Å². The van der Waals surface area contributed by atoms with Crippen molar-refractivity contribution in [2.75, 3.05) is 11.9 Å². The lowest BCUT2D eigenvalue weighted by Gasteiger charge is -2.10. The summed E-state index contributed by atoms with van der Waals surface area (Å²) in [5, 5.41) is 9.56. The lowest BCUT2D eigenvalue weighted by molar-refractivity contribution is -0.121. The third kappa shape index (κ3) is 4.46. The van der Waals surface area contributed by atoms with Crippen LogP contribution in [0.25, 0.3) is 5.69 Å². The first kappa shape index (κ1) is 21.0. The zero-order valence-corrected chi connectivity index (χ0v) is 17.2. The predicted molar refractivity (Wildman–Crippen MR) is 115 cm³/mol. The summed E-state index contributed by atoms with van der Waals surface area (Å²) in [4.78, 5) is 37.3. The van der Waals surface area contributed by atoms with E-state index in [1.807, 2.05) is 55.5 Å². The van der Waals surface area contributed by atoms with Crippen molar-refractivity contribution < 1.29 is 14.4 Å². The van der Waals surface area contributed by atoms with Crippen LogP contribution in [-0.2, 0) is 16.0 Å². The van der Waals surface area contributed by atoms with Gasteiger partial charge in [-0.25, -0.2) is 4.68 Å². The molecule has 0 radical (unpaired) electrons. The highest BCUT2D eigenvalue weighted by Crippen LogP contribution is 2.18. The Balaban J connectivity index is 1.67. The van der Waals surface area contributed by atoms with Gasteiger partial charge in [-0.1, -0.05) is 43.3 Å². The predicted octanol–water partition coefficient (Wildman–Crippen LogP) is 2.99.